The number of amides is 1. The molecule has 0 aromatic heterocycles. The number of non-ortho nitro benzene ring substituents is 1. The molecule has 1 rings (SSSR count). The quantitative estimate of drug-likeness (QED) is 0.622. The Morgan fingerprint density at radius 1 is 1.39 bits per heavy atom. The molecule has 0 spiro atoms. The first kappa shape index (κ1) is 13.9. The Labute approximate surface area is 101 Å². The van der Waals surface area contributed by atoms with Crippen molar-refractivity contribution in [1.29, 1.82) is 0 Å². The number of benzene rings is 1. The van der Waals surface area contributed by atoms with Gasteiger partial charge in [0.15, 0.2) is 0 Å². The molecule has 0 atom stereocenters. The Morgan fingerprint density at radius 2 is 1.89 bits per heavy atom. The largest absolute Gasteiger partial charge is 1.00 e. The average molecular weight is 263 g/mol. The van der Waals surface area contributed by atoms with Crippen LogP contribution in [0, 0.1) is 10.1 Å². The molecule has 0 saturated carbocycles. The lowest BCUT2D eigenvalue weighted by molar-refractivity contribution is -0.384. The number of carbonyl (C=O) groups excluding carboxylic acids is 1. The smallest absolute Gasteiger partial charge is 0.305 e. The summed E-state index contributed by atoms with van der Waals surface area (Å²) in [6.45, 7) is 1.20. The van der Waals surface area contributed by atoms with Gasteiger partial charge in [0.1, 0.15) is 0 Å². The van der Waals surface area contributed by atoms with Crippen LogP contribution in [-0.2, 0) is 4.79 Å². The monoisotopic (exact) mass is 263 g/mol. The maximum atomic E-state index is 12.3. The Kier molecular flexibility index (Phi) is 3.89. The first-order valence-electron chi connectivity index (χ1n) is 4.90. The highest BCUT2D eigenvalue weighted by Crippen LogP contribution is 2.25. The van der Waals surface area contributed by atoms with Crippen molar-refractivity contribution < 1.29 is 24.3 Å². The second-order valence-corrected chi connectivity index (χ2v) is 3.32. The number of nitrogens with zero attached hydrogens (tertiary/aromatic N) is 2. The molecule has 0 saturated heterocycles. The van der Waals surface area contributed by atoms with Gasteiger partial charge < -0.3 is 4.90 Å². The SMILES string of the molecule is CCN(C(=O)C(F)(F)F)c1ccc([N+](=O)[O-])cc1.[H+]. The molecule has 0 aliphatic rings. The van der Waals surface area contributed by atoms with E-state index in [1.807, 2.05) is 0 Å². The van der Waals surface area contributed by atoms with E-state index >= 15 is 0 Å². The van der Waals surface area contributed by atoms with Gasteiger partial charge in [-0.15, -0.1) is 0 Å². The molecule has 0 aliphatic carbocycles. The van der Waals surface area contributed by atoms with Crippen LogP contribution in [0.1, 0.15) is 8.35 Å². The van der Waals surface area contributed by atoms with E-state index < -0.39 is 17.0 Å². The number of halogens is 3. The predicted molar refractivity (Wildman–Crippen MR) is 58.3 cm³/mol. The van der Waals surface area contributed by atoms with Crippen LogP contribution in [0.3, 0.4) is 0 Å². The van der Waals surface area contributed by atoms with Crippen LogP contribution in [0.5, 0.6) is 0 Å². The van der Waals surface area contributed by atoms with Crippen LogP contribution in [0.15, 0.2) is 24.3 Å². The number of nitro benzene ring substituents is 1. The molecule has 98 valence electrons. The summed E-state index contributed by atoms with van der Waals surface area (Å²) in [5, 5.41) is 10.4. The Hall–Kier alpha value is -2.12. The van der Waals surface area contributed by atoms with Crippen molar-refractivity contribution in [2.24, 2.45) is 0 Å². The first-order chi connectivity index (χ1) is 8.27. The molecule has 0 N–H and O–H groups in total. The van der Waals surface area contributed by atoms with Crippen molar-refractivity contribution in [2.75, 3.05) is 11.4 Å². The van der Waals surface area contributed by atoms with Gasteiger partial charge in [-0.25, -0.2) is 0 Å². The van der Waals surface area contributed by atoms with Crippen LogP contribution in [0.4, 0.5) is 24.5 Å². The molecule has 1 aromatic carbocycles. The van der Waals surface area contributed by atoms with Crippen LogP contribution < -0.4 is 4.90 Å². The third-order valence-corrected chi connectivity index (χ3v) is 2.18. The number of rotatable bonds is 3. The average Bonchev–Trinajstić information content (AvgIpc) is 2.29. The normalized spacial score (nSPS) is 11.1. The Morgan fingerprint density at radius 3 is 2.22 bits per heavy atom. The summed E-state index contributed by atoms with van der Waals surface area (Å²) in [4.78, 5) is 21.3. The second-order valence-electron chi connectivity index (χ2n) is 3.32. The lowest BCUT2D eigenvalue weighted by atomic mass is 10.2. The van der Waals surface area contributed by atoms with Crippen molar-refractivity contribution in [2.45, 2.75) is 13.1 Å². The summed E-state index contributed by atoms with van der Waals surface area (Å²) in [7, 11) is 0. The van der Waals surface area contributed by atoms with Crippen LogP contribution in [0.2, 0.25) is 0 Å². The van der Waals surface area contributed by atoms with E-state index in [0.29, 0.717) is 4.90 Å². The number of alkyl halides is 3. The first-order valence-corrected chi connectivity index (χ1v) is 4.90. The Bertz CT molecular complexity index is 462. The summed E-state index contributed by atoms with van der Waals surface area (Å²) < 4.78 is 36.8. The molecular weight excluding hydrogens is 253 g/mol. The van der Waals surface area contributed by atoms with E-state index in [1.165, 1.54) is 6.92 Å². The van der Waals surface area contributed by atoms with Gasteiger partial charge in [-0.05, 0) is 19.1 Å². The van der Waals surface area contributed by atoms with Crippen molar-refractivity contribution in [3.8, 4) is 0 Å². The fraction of sp³-hybridized carbons (Fsp3) is 0.300. The van der Waals surface area contributed by atoms with E-state index in [4.69, 9.17) is 0 Å². The fourth-order valence-electron chi connectivity index (χ4n) is 1.35. The molecule has 1 aromatic rings. The standard InChI is InChI=1S/C10H9F3N2O3/c1-2-14(9(16)10(11,12)13)7-3-5-8(6-4-7)15(17)18/h3-6H,2H2,1H3/p+1. The minimum atomic E-state index is -4.97. The van der Waals surface area contributed by atoms with Gasteiger partial charge >= 0.3 is 13.5 Å². The van der Waals surface area contributed by atoms with Gasteiger partial charge in [0.05, 0.1) is 4.92 Å². The Balaban J connectivity index is 0.00000324. The van der Waals surface area contributed by atoms with Gasteiger partial charge in [-0.3, -0.25) is 14.9 Å². The zero-order chi connectivity index (χ0) is 13.9. The zero-order valence-corrected chi connectivity index (χ0v) is 9.27. The summed E-state index contributed by atoms with van der Waals surface area (Å²) in [6, 6.07) is 4.29. The molecule has 0 bridgehead atoms. The topological polar surface area (TPSA) is 63.5 Å². The summed E-state index contributed by atoms with van der Waals surface area (Å²) >= 11 is 0. The van der Waals surface area contributed by atoms with E-state index in [2.05, 4.69) is 0 Å². The molecule has 0 aliphatic heterocycles. The van der Waals surface area contributed by atoms with E-state index in [-0.39, 0.29) is 19.3 Å². The van der Waals surface area contributed by atoms with Gasteiger partial charge in [0.25, 0.3) is 5.69 Å². The summed E-state index contributed by atoms with van der Waals surface area (Å²) in [5.41, 5.74) is -0.292. The van der Waals surface area contributed by atoms with Crippen molar-refractivity contribution in [3.63, 3.8) is 0 Å². The molecule has 5 nitrogen and oxygen atoms in total. The number of hydrogen-bond acceptors (Lipinski definition) is 3. The van der Waals surface area contributed by atoms with Crippen LogP contribution in [0.25, 0.3) is 0 Å². The minimum Gasteiger partial charge on any atom is -0.305 e. The highest BCUT2D eigenvalue weighted by atomic mass is 19.4. The van der Waals surface area contributed by atoms with Gasteiger partial charge in [-0.1, -0.05) is 0 Å². The molecule has 0 unspecified atom stereocenters. The van der Waals surface area contributed by atoms with E-state index in [0.717, 1.165) is 24.3 Å². The van der Waals surface area contributed by atoms with Gasteiger partial charge in [0, 0.05) is 24.4 Å². The predicted octanol–water partition coefficient (Wildman–Crippen LogP) is 2.62. The van der Waals surface area contributed by atoms with Crippen molar-refractivity contribution in [1.82, 2.24) is 0 Å². The third-order valence-electron chi connectivity index (χ3n) is 2.18. The maximum Gasteiger partial charge on any atom is 1.00 e. The van der Waals surface area contributed by atoms with Gasteiger partial charge in [-0.2, -0.15) is 13.2 Å². The highest BCUT2D eigenvalue weighted by Gasteiger charge is 2.42. The van der Waals surface area contributed by atoms with Crippen LogP contribution in [-0.4, -0.2) is 23.6 Å². The van der Waals surface area contributed by atoms with Gasteiger partial charge in [0.2, 0.25) is 0 Å². The van der Waals surface area contributed by atoms with E-state index in [9.17, 15) is 28.1 Å². The number of anilines is 1. The zero-order valence-electron chi connectivity index (χ0n) is 10.3. The molecule has 8 heteroatoms. The molecule has 0 radical (unpaired) electrons. The number of carbonyl (C=O) groups is 1. The van der Waals surface area contributed by atoms with Crippen molar-refractivity contribution in [3.05, 3.63) is 34.4 Å². The number of hydrogen-bond donors (Lipinski definition) is 0. The van der Waals surface area contributed by atoms with Crippen molar-refractivity contribution >= 4 is 17.3 Å². The highest BCUT2D eigenvalue weighted by molar-refractivity contribution is 5.97. The lowest BCUT2D eigenvalue weighted by Gasteiger charge is -2.21. The molecule has 0 fully saturated rings. The maximum absolute atomic E-state index is 12.3. The summed E-state index contributed by atoms with van der Waals surface area (Å²) in [5.74, 6) is -2.00. The van der Waals surface area contributed by atoms with E-state index in [1.54, 1.807) is 0 Å². The van der Waals surface area contributed by atoms with Crippen LogP contribution >= 0.6 is 0 Å². The molecule has 18 heavy (non-hydrogen) atoms. The molecule has 0 heterocycles. The fourth-order valence-corrected chi connectivity index (χ4v) is 1.35. The third kappa shape index (κ3) is 2.96. The molecular formula is C10H10F3N2O3+. The molecule has 1 amide bonds. The second kappa shape index (κ2) is 5.03. The summed E-state index contributed by atoms with van der Waals surface area (Å²) in [6.07, 6.45) is -4.97. The number of nitro groups is 1. The lowest BCUT2D eigenvalue weighted by Crippen LogP contribution is -2.41. The minimum absolute atomic E-state index is 0.